The number of ether oxygens (including phenoxy) is 1. The van der Waals surface area contributed by atoms with E-state index in [-0.39, 0.29) is 11.1 Å². The number of esters is 1. The van der Waals surface area contributed by atoms with Gasteiger partial charge in [-0.2, -0.15) is 0 Å². The number of aromatic nitrogens is 1. The molecule has 120 valence electrons. The van der Waals surface area contributed by atoms with Gasteiger partial charge in [0.2, 0.25) is 5.75 Å². The summed E-state index contributed by atoms with van der Waals surface area (Å²) in [5.41, 5.74) is -0.212. The highest BCUT2D eigenvalue weighted by molar-refractivity contribution is 5.96. The van der Waals surface area contributed by atoms with Gasteiger partial charge in [0.05, 0.1) is 5.56 Å². The lowest BCUT2D eigenvalue weighted by atomic mass is 10.0. The molecular weight excluding hydrogens is 298 g/mol. The van der Waals surface area contributed by atoms with Crippen LogP contribution in [-0.2, 0) is 13.5 Å². The highest BCUT2D eigenvalue weighted by Crippen LogP contribution is 2.21. The summed E-state index contributed by atoms with van der Waals surface area (Å²) < 4.78 is 6.37. The van der Waals surface area contributed by atoms with E-state index in [0.29, 0.717) is 18.4 Å². The lowest BCUT2D eigenvalue weighted by Crippen LogP contribution is -2.26. The molecule has 0 aliphatic heterocycles. The van der Waals surface area contributed by atoms with E-state index < -0.39 is 23.2 Å². The molecule has 0 saturated heterocycles. The second-order valence-corrected chi connectivity index (χ2v) is 5.09. The van der Waals surface area contributed by atoms with Gasteiger partial charge in [-0.25, -0.2) is 9.59 Å². The van der Waals surface area contributed by atoms with Crippen molar-refractivity contribution in [3.63, 3.8) is 0 Å². The van der Waals surface area contributed by atoms with E-state index in [1.165, 1.54) is 29.9 Å². The van der Waals surface area contributed by atoms with Crippen LogP contribution in [0.2, 0.25) is 0 Å². The Hall–Kier alpha value is -2.89. The zero-order chi connectivity index (χ0) is 17.0. The van der Waals surface area contributed by atoms with Gasteiger partial charge in [-0.15, -0.1) is 0 Å². The Labute approximate surface area is 133 Å². The topological polar surface area (TPSA) is 85.6 Å². The van der Waals surface area contributed by atoms with Crippen molar-refractivity contribution in [3.8, 4) is 5.75 Å². The van der Waals surface area contributed by atoms with E-state index in [2.05, 4.69) is 0 Å². The maximum atomic E-state index is 12.2. The first-order chi connectivity index (χ1) is 11.0. The number of hydrogen-bond donors (Lipinski definition) is 1. The second-order valence-electron chi connectivity index (χ2n) is 5.09. The van der Waals surface area contributed by atoms with Gasteiger partial charge in [-0.3, -0.25) is 4.79 Å². The first-order valence-electron chi connectivity index (χ1n) is 7.18. The van der Waals surface area contributed by atoms with Crippen LogP contribution in [0, 0.1) is 0 Å². The quantitative estimate of drug-likeness (QED) is 0.855. The predicted molar refractivity (Wildman–Crippen MR) is 84.0 cm³/mol. The summed E-state index contributed by atoms with van der Waals surface area (Å²) in [5, 5.41) is 9.43. The molecule has 6 nitrogen and oxygen atoms in total. The molecule has 0 amide bonds. The number of carboxylic acid groups (broad SMARTS) is 1. The van der Waals surface area contributed by atoms with E-state index in [4.69, 9.17) is 4.74 Å². The Morgan fingerprint density at radius 3 is 2.43 bits per heavy atom. The van der Waals surface area contributed by atoms with Crippen LogP contribution in [0.25, 0.3) is 0 Å². The summed E-state index contributed by atoms with van der Waals surface area (Å²) in [6.45, 7) is 1.90. The van der Waals surface area contributed by atoms with Crippen LogP contribution in [-0.4, -0.2) is 21.6 Å². The average Bonchev–Trinajstić information content (AvgIpc) is 2.53. The zero-order valence-corrected chi connectivity index (χ0v) is 12.9. The van der Waals surface area contributed by atoms with E-state index in [1.807, 2.05) is 6.92 Å². The number of carbonyl (C=O) groups excluding carboxylic acids is 1. The molecule has 23 heavy (non-hydrogen) atoms. The lowest BCUT2D eigenvalue weighted by Gasteiger charge is -2.13. The van der Waals surface area contributed by atoms with Gasteiger partial charge < -0.3 is 14.4 Å². The summed E-state index contributed by atoms with van der Waals surface area (Å²) in [4.78, 5) is 36.0. The standard InChI is InChI=1S/C17H17NO5/c1-3-7-12-10-18(2)15(19)14(13(12)16(20)21)23-17(22)11-8-5-4-6-9-11/h4-6,8-10H,3,7H2,1-2H3,(H,20,21). The molecule has 0 spiro atoms. The minimum Gasteiger partial charge on any atom is -0.478 e. The third-order valence-corrected chi connectivity index (χ3v) is 3.35. The van der Waals surface area contributed by atoms with Crippen LogP contribution in [0.3, 0.4) is 0 Å². The fraction of sp³-hybridized carbons (Fsp3) is 0.235. The van der Waals surface area contributed by atoms with Crippen LogP contribution >= 0.6 is 0 Å². The normalized spacial score (nSPS) is 10.3. The van der Waals surface area contributed by atoms with Gasteiger partial charge in [0.25, 0.3) is 5.56 Å². The van der Waals surface area contributed by atoms with Crippen molar-refractivity contribution in [2.45, 2.75) is 19.8 Å². The van der Waals surface area contributed by atoms with Crippen LogP contribution in [0.5, 0.6) is 5.75 Å². The summed E-state index contributed by atoms with van der Waals surface area (Å²) in [6, 6.07) is 8.10. The Bertz CT molecular complexity index is 793. The molecule has 1 heterocycles. The van der Waals surface area contributed by atoms with Crippen LogP contribution < -0.4 is 10.3 Å². The van der Waals surface area contributed by atoms with Crippen molar-refractivity contribution in [1.82, 2.24) is 4.57 Å². The minimum atomic E-state index is -1.29. The van der Waals surface area contributed by atoms with Crippen molar-refractivity contribution in [3.05, 3.63) is 63.6 Å². The Kier molecular flexibility index (Phi) is 4.95. The molecule has 1 N–H and O–H groups in total. The molecule has 0 fully saturated rings. The van der Waals surface area contributed by atoms with Gasteiger partial charge in [0.1, 0.15) is 5.56 Å². The van der Waals surface area contributed by atoms with Gasteiger partial charge in [0, 0.05) is 13.2 Å². The molecule has 0 saturated carbocycles. The molecule has 0 bridgehead atoms. The SMILES string of the molecule is CCCc1cn(C)c(=O)c(OC(=O)c2ccccc2)c1C(=O)O. The molecule has 2 rings (SSSR count). The Morgan fingerprint density at radius 1 is 1.22 bits per heavy atom. The smallest absolute Gasteiger partial charge is 0.343 e. The van der Waals surface area contributed by atoms with Crippen molar-refractivity contribution < 1.29 is 19.4 Å². The first-order valence-corrected chi connectivity index (χ1v) is 7.18. The number of hydrogen-bond acceptors (Lipinski definition) is 4. The number of carboxylic acids is 1. The molecule has 0 radical (unpaired) electrons. The highest BCUT2D eigenvalue weighted by atomic mass is 16.5. The van der Waals surface area contributed by atoms with Crippen molar-refractivity contribution in [2.24, 2.45) is 7.05 Å². The third-order valence-electron chi connectivity index (χ3n) is 3.35. The molecular formula is C17H17NO5. The fourth-order valence-corrected chi connectivity index (χ4v) is 2.28. The van der Waals surface area contributed by atoms with Crippen LogP contribution in [0.15, 0.2) is 41.3 Å². The minimum absolute atomic E-state index is 0.242. The van der Waals surface area contributed by atoms with E-state index in [0.717, 1.165) is 0 Å². The number of carbonyl (C=O) groups is 2. The first kappa shape index (κ1) is 16.5. The molecule has 6 heteroatoms. The number of rotatable bonds is 5. The Balaban J connectivity index is 2.54. The summed E-state index contributed by atoms with van der Waals surface area (Å²) in [7, 11) is 1.49. The predicted octanol–water partition coefficient (Wildman–Crippen LogP) is 2.26. The van der Waals surface area contributed by atoms with Crippen molar-refractivity contribution in [2.75, 3.05) is 0 Å². The lowest BCUT2D eigenvalue weighted by molar-refractivity contribution is 0.0678. The zero-order valence-electron chi connectivity index (χ0n) is 12.9. The number of aromatic carboxylic acids is 1. The van der Waals surface area contributed by atoms with Crippen LogP contribution in [0.4, 0.5) is 0 Å². The van der Waals surface area contributed by atoms with Crippen molar-refractivity contribution in [1.29, 1.82) is 0 Å². The Morgan fingerprint density at radius 2 is 1.87 bits per heavy atom. The molecule has 0 unspecified atom stereocenters. The third kappa shape index (κ3) is 3.48. The van der Waals surface area contributed by atoms with Gasteiger partial charge in [-0.1, -0.05) is 31.5 Å². The maximum Gasteiger partial charge on any atom is 0.343 e. The number of benzene rings is 1. The number of aryl methyl sites for hydroxylation is 2. The van der Waals surface area contributed by atoms with E-state index >= 15 is 0 Å². The average molecular weight is 315 g/mol. The molecule has 2 aromatic rings. The molecule has 1 aromatic carbocycles. The van der Waals surface area contributed by atoms with Gasteiger partial charge in [-0.05, 0) is 24.1 Å². The second kappa shape index (κ2) is 6.91. The molecule has 1 aromatic heterocycles. The largest absolute Gasteiger partial charge is 0.478 e. The number of pyridine rings is 1. The summed E-state index contributed by atoms with van der Waals surface area (Å²) in [5.74, 6) is -2.50. The molecule has 0 aliphatic rings. The monoisotopic (exact) mass is 315 g/mol. The maximum absolute atomic E-state index is 12.2. The van der Waals surface area contributed by atoms with E-state index in [9.17, 15) is 19.5 Å². The fourth-order valence-electron chi connectivity index (χ4n) is 2.28. The summed E-state index contributed by atoms with van der Waals surface area (Å²) >= 11 is 0. The van der Waals surface area contributed by atoms with E-state index in [1.54, 1.807) is 18.2 Å². The van der Waals surface area contributed by atoms with Crippen molar-refractivity contribution >= 4 is 11.9 Å². The van der Waals surface area contributed by atoms with Gasteiger partial charge in [0.15, 0.2) is 0 Å². The summed E-state index contributed by atoms with van der Waals surface area (Å²) in [6.07, 6.45) is 2.63. The van der Waals surface area contributed by atoms with Gasteiger partial charge >= 0.3 is 11.9 Å². The number of nitrogens with zero attached hydrogens (tertiary/aromatic N) is 1. The molecule has 0 aliphatic carbocycles. The highest BCUT2D eigenvalue weighted by Gasteiger charge is 2.24. The van der Waals surface area contributed by atoms with Crippen LogP contribution in [0.1, 0.15) is 39.6 Å². The molecule has 0 atom stereocenters.